The van der Waals surface area contributed by atoms with Crippen LogP contribution in [0.2, 0.25) is 0 Å². The Labute approximate surface area is 241 Å². The normalized spacial score (nSPS) is 14.0. The molecular formula is C33H30FN7O. The molecule has 1 aliphatic heterocycles. The van der Waals surface area contributed by atoms with Crippen LogP contribution in [0.3, 0.4) is 0 Å². The first-order valence-electron chi connectivity index (χ1n) is 14.2. The van der Waals surface area contributed by atoms with Crippen LogP contribution in [0.5, 0.6) is 0 Å². The molecule has 42 heavy (non-hydrogen) atoms. The van der Waals surface area contributed by atoms with Gasteiger partial charge in [0.1, 0.15) is 11.5 Å². The van der Waals surface area contributed by atoms with Crippen LogP contribution in [-0.2, 0) is 4.79 Å². The van der Waals surface area contributed by atoms with E-state index in [9.17, 15) is 9.18 Å². The summed E-state index contributed by atoms with van der Waals surface area (Å²) < 4.78 is 14.2. The first-order chi connectivity index (χ1) is 20.5. The Kier molecular flexibility index (Phi) is 6.71. The third-order valence-electron chi connectivity index (χ3n) is 7.97. The van der Waals surface area contributed by atoms with E-state index in [4.69, 9.17) is 0 Å². The maximum atomic E-state index is 14.2. The molecule has 0 spiro atoms. The zero-order valence-electron chi connectivity index (χ0n) is 23.2. The minimum atomic E-state index is -0.254. The van der Waals surface area contributed by atoms with Gasteiger partial charge in [-0.15, -0.1) is 0 Å². The topological polar surface area (TPSA) is 111 Å². The molecule has 0 aliphatic carbocycles. The van der Waals surface area contributed by atoms with E-state index in [2.05, 4.69) is 41.8 Å². The van der Waals surface area contributed by atoms with Crippen molar-refractivity contribution in [3.63, 3.8) is 0 Å². The number of pyridine rings is 2. The lowest BCUT2D eigenvalue weighted by Gasteiger charge is -2.21. The van der Waals surface area contributed by atoms with Gasteiger partial charge in [-0.05, 0) is 91.9 Å². The van der Waals surface area contributed by atoms with Gasteiger partial charge >= 0.3 is 0 Å². The van der Waals surface area contributed by atoms with Gasteiger partial charge in [0.2, 0.25) is 5.91 Å². The third kappa shape index (κ3) is 5.14. The van der Waals surface area contributed by atoms with Crippen LogP contribution in [0.25, 0.3) is 55.6 Å². The number of anilines is 1. The van der Waals surface area contributed by atoms with E-state index in [0.29, 0.717) is 18.0 Å². The average Bonchev–Trinajstić information content (AvgIpc) is 3.61. The molecule has 1 aliphatic rings. The molecule has 0 bridgehead atoms. The van der Waals surface area contributed by atoms with Gasteiger partial charge in [0.15, 0.2) is 0 Å². The molecule has 9 heteroatoms. The van der Waals surface area contributed by atoms with Gasteiger partial charge in [0.25, 0.3) is 0 Å². The molecule has 210 valence electrons. The van der Waals surface area contributed by atoms with Gasteiger partial charge in [-0.2, -0.15) is 5.10 Å². The van der Waals surface area contributed by atoms with Crippen LogP contribution in [0.1, 0.15) is 24.8 Å². The second kappa shape index (κ2) is 10.8. The Balaban J connectivity index is 1.20. The van der Waals surface area contributed by atoms with E-state index < -0.39 is 0 Å². The summed E-state index contributed by atoms with van der Waals surface area (Å²) in [5, 5.41) is 15.9. The SMILES string of the molecule is Cc1cc(F)cc(-c2cccc3[nH]c(-c4n[nH]c5cnc(-c6cncc(NC(=O)CC7CCNCC7)c6)cc45)cc23)c1. The summed E-state index contributed by atoms with van der Waals surface area (Å²) in [7, 11) is 0. The fourth-order valence-corrected chi connectivity index (χ4v) is 5.91. The fourth-order valence-electron chi connectivity index (χ4n) is 5.91. The highest BCUT2D eigenvalue weighted by molar-refractivity contribution is 6.01. The van der Waals surface area contributed by atoms with Crippen molar-refractivity contribution in [1.82, 2.24) is 30.5 Å². The standard InChI is InChI=1S/C33H30FN7O/c1-19-9-21(12-23(34)10-19)25-3-2-4-28-26(25)14-30(39-28)33-27-15-29(37-18-31(27)40-41-33)22-13-24(17-36-16-22)38-32(42)11-20-5-7-35-8-6-20/h2-4,9-10,12-18,20,35,39H,5-8,11H2,1H3,(H,38,42)(H,40,41). The van der Waals surface area contributed by atoms with E-state index in [1.807, 2.05) is 43.3 Å². The Morgan fingerprint density at radius 1 is 0.976 bits per heavy atom. The van der Waals surface area contributed by atoms with Crippen molar-refractivity contribution in [1.29, 1.82) is 0 Å². The number of benzene rings is 2. The quantitative estimate of drug-likeness (QED) is 0.184. The lowest BCUT2D eigenvalue weighted by Crippen LogP contribution is -2.30. The van der Waals surface area contributed by atoms with Crippen molar-refractivity contribution in [2.45, 2.75) is 26.2 Å². The highest BCUT2D eigenvalue weighted by Gasteiger charge is 2.18. The average molecular weight is 560 g/mol. The lowest BCUT2D eigenvalue weighted by atomic mass is 9.94. The summed E-state index contributed by atoms with van der Waals surface area (Å²) in [6.45, 7) is 3.82. The molecule has 1 saturated heterocycles. The summed E-state index contributed by atoms with van der Waals surface area (Å²) in [6, 6.07) is 17.0. The van der Waals surface area contributed by atoms with Gasteiger partial charge in [0.05, 0.1) is 35.0 Å². The summed E-state index contributed by atoms with van der Waals surface area (Å²) in [6.07, 6.45) is 7.71. The number of piperidine rings is 1. The smallest absolute Gasteiger partial charge is 0.224 e. The summed E-state index contributed by atoms with van der Waals surface area (Å²) in [4.78, 5) is 25.2. The molecule has 1 fully saturated rings. The molecule has 6 aromatic rings. The number of aromatic amines is 2. The Morgan fingerprint density at radius 3 is 2.71 bits per heavy atom. The highest BCUT2D eigenvalue weighted by Crippen LogP contribution is 2.35. The molecule has 8 nitrogen and oxygen atoms in total. The molecule has 2 aromatic carbocycles. The number of nitrogens with zero attached hydrogens (tertiary/aromatic N) is 3. The number of hydrogen-bond acceptors (Lipinski definition) is 5. The van der Waals surface area contributed by atoms with Crippen molar-refractivity contribution >= 4 is 33.4 Å². The van der Waals surface area contributed by atoms with Crippen LogP contribution in [-0.4, -0.2) is 44.1 Å². The van der Waals surface area contributed by atoms with Crippen molar-refractivity contribution in [3.8, 4) is 33.8 Å². The van der Waals surface area contributed by atoms with Crippen molar-refractivity contribution in [2.24, 2.45) is 5.92 Å². The summed E-state index contributed by atoms with van der Waals surface area (Å²) in [5.41, 5.74) is 8.15. The first kappa shape index (κ1) is 26.0. The van der Waals surface area contributed by atoms with Gasteiger partial charge in [-0.3, -0.25) is 19.9 Å². The van der Waals surface area contributed by atoms with Crippen molar-refractivity contribution in [2.75, 3.05) is 18.4 Å². The number of halogens is 1. The molecule has 7 rings (SSSR count). The monoisotopic (exact) mass is 559 g/mol. The number of fused-ring (bicyclic) bond motifs is 2. The van der Waals surface area contributed by atoms with Crippen LogP contribution >= 0.6 is 0 Å². The molecule has 1 amide bonds. The lowest BCUT2D eigenvalue weighted by molar-refractivity contribution is -0.117. The molecule has 4 aromatic heterocycles. The predicted octanol–water partition coefficient (Wildman–Crippen LogP) is 6.61. The van der Waals surface area contributed by atoms with Crippen molar-refractivity contribution < 1.29 is 9.18 Å². The first-order valence-corrected chi connectivity index (χ1v) is 14.2. The zero-order valence-corrected chi connectivity index (χ0v) is 23.2. The Morgan fingerprint density at radius 2 is 1.86 bits per heavy atom. The molecule has 0 unspecified atom stereocenters. The minimum absolute atomic E-state index is 0.00737. The number of aromatic nitrogens is 5. The van der Waals surface area contributed by atoms with Crippen LogP contribution in [0.4, 0.5) is 10.1 Å². The third-order valence-corrected chi connectivity index (χ3v) is 7.97. The maximum absolute atomic E-state index is 14.2. The van der Waals surface area contributed by atoms with Crippen molar-refractivity contribution in [3.05, 3.63) is 84.6 Å². The highest BCUT2D eigenvalue weighted by atomic mass is 19.1. The number of carbonyl (C=O) groups is 1. The minimum Gasteiger partial charge on any atom is -0.353 e. The van der Waals surface area contributed by atoms with Gasteiger partial charge in [-0.25, -0.2) is 4.39 Å². The van der Waals surface area contributed by atoms with E-state index in [-0.39, 0.29) is 11.7 Å². The van der Waals surface area contributed by atoms with Gasteiger partial charge in [-0.1, -0.05) is 18.2 Å². The number of amides is 1. The van der Waals surface area contributed by atoms with Crippen LogP contribution < -0.4 is 10.6 Å². The fraction of sp³-hybridized carbons (Fsp3) is 0.212. The number of H-pyrrole nitrogens is 2. The Hall–Kier alpha value is -4.89. The second-order valence-corrected chi connectivity index (χ2v) is 11.1. The van der Waals surface area contributed by atoms with E-state index in [0.717, 1.165) is 87.1 Å². The van der Waals surface area contributed by atoms with Crippen LogP contribution in [0, 0.1) is 18.7 Å². The van der Waals surface area contributed by atoms with Gasteiger partial charge in [0, 0.05) is 34.5 Å². The summed E-state index contributed by atoms with van der Waals surface area (Å²) in [5.74, 6) is 0.161. The summed E-state index contributed by atoms with van der Waals surface area (Å²) >= 11 is 0. The number of rotatable bonds is 6. The molecule has 5 heterocycles. The zero-order chi connectivity index (χ0) is 28.6. The van der Waals surface area contributed by atoms with E-state index >= 15 is 0 Å². The molecular weight excluding hydrogens is 529 g/mol. The number of carbonyl (C=O) groups excluding carboxylic acids is 1. The Bertz CT molecular complexity index is 1920. The molecule has 0 radical (unpaired) electrons. The largest absolute Gasteiger partial charge is 0.353 e. The maximum Gasteiger partial charge on any atom is 0.224 e. The van der Waals surface area contributed by atoms with E-state index in [1.54, 1.807) is 24.7 Å². The molecule has 0 saturated carbocycles. The molecule has 0 atom stereocenters. The predicted molar refractivity (Wildman–Crippen MR) is 163 cm³/mol. The number of aryl methyl sites for hydroxylation is 1. The van der Waals surface area contributed by atoms with Crippen LogP contribution in [0.15, 0.2) is 73.2 Å². The number of nitrogens with one attached hydrogen (secondary N) is 4. The second-order valence-electron chi connectivity index (χ2n) is 11.1. The van der Waals surface area contributed by atoms with Gasteiger partial charge < -0.3 is 15.6 Å². The van der Waals surface area contributed by atoms with E-state index in [1.165, 1.54) is 6.07 Å². The number of hydrogen-bond donors (Lipinski definition) is 4. The molecule has 4 N–H and O–H groups in total.